The summed E-state index contributed by atoms with van der Waals surface area (Å²) in [6.07, 6.45) is 1.72. The van der Waals surface area contributed by atoms with E-state index in [1.807, 2.05) is 61.5 Å². The van der Waals surface area contributed by atoms with Gasteiger partial charge in [0.1, 0.15) is 0 Å². The van der Waals surface area contributed by atoms with Crippen LogP contribution in [-0.2, 0) is 0 Å². The topological polar surface area (TPSA) is 45.2 Å². The van der Waals surface area contributed by atoms with E-state index in [2.05, 4.69) is 42.2 Å². The molecule has 1 amide bonds. The molecular formula is C18H15Br2N3O. The molecule has 0 aliphatic heterocycles. The van der Waals surface area contributed by atoms with Gasteiger partial charge in [-0.2, -0.15) is 0 Å². The van der Waals surface area contributed by atoms with Crippen LogP contribution in [0, 0.1) is 0 Å². The molecule has 3 aromatic rings. The molecule has 3 rings (SSSR count). The van der Waals surface area contributed by atoms with Gasteiger partial charge in [-0.1, -0.05) is 22.0 Å². The van der Waals surface area contributed by atoms with Crippen molar-refractivity contribution in [2.45, 2.75) is 0 Å². The van der Waals surface area contributed by atoms with Crippen molar-refractivity contribution in [3.63, 3.8) is 0 Å². The van der Waals surface area contributed by atoms with Crippen molar-refractivity contribution in [2.24, 2.45) is 0 Å². The molecule has 1 aromatic heterocycles. The van der Waals surface area contributed by atoms with Gasteiger partial charge in [-0.15, -0.1) is 0 Å². The molecule has 0 radical (unpaired) electrons. The number of halogens is 2. The number of fused-ring (bicyclic) bond motifs is 1. The standard InChI is InChI=1S/C18H15Br2N3O/c1-23(2)16-8-5-11(10-14(16)20)18(24)22-15-7-6-13(19)12-4-3-9-21-17(12)15/h3-10H,1-2H3,(H,22,24). The van der Waals surface area contributed by atoms with E-state index in [0.717, 1.165) is 25.5 Å². The van der Waals surface area contributed by atoms with Gasteiger partial charge in [0.15, 0.2) is 0 Å². The Morgan fingerprint density at radius 3 is 2.58 bits per heavy atom. The SMILES string of the molecule is CN(C)c1ccc(C(=O)Nc2ccc(Br)c3cccnc23)cc1Br. The monoisotopic (exact) mass is 447 g/mol. The molecule has 24 heavy (non-hydrogen) atoms. The lowest BCUT2D eigenvalue weighted by Crippen LogP contribution is -2.14. The molecule has 0 fully saturated rings. The van der Waals surface area contributed by atoms with Gasteiger partial charge in [-0.25, -0.2) is 0 Å². The fraction of sp³-hybridized carbons (Fsp3) is 0.111. The number of amides is 1. The second kappa shape index (κ2) is 6.91. The van der Waals surface area contributed by atoms with Crippen LogP contribution in [0.15, 0.2) is 57.6 Å². The summed E-state index contributed by atoms with van der Waals surface area (Å²) < 4.78 is 1.82. The summed E-state index contributed by atoms with van der Waals surface area (Å²) in [6, 6.07) is 13.1. The van der Waals surface area contributed by atoms with Crippen LogP contribution in [0.5, 0.6) is 0 Å². The predicted molar refractivity (Wildman–Crippen MR) is 106 cm³/mol. The lowest BCUT2D eigenvalue weighted by Gasteiger charge is -2.15. The molecular weight excluding hydrogens is 434 g/mol. The van der Waals surface area contributed by atoms with Crippen molar-refractivity contribution in [1.82, 2.24) is 4.98 Å². The largest absolute Gasteiger partial charge is 0.377 e. The Kier molecular flexibility index (Phi) is 4.87. The molecule has 2 aromatic carbocycles. The molecule has 0 saturated heterocycles. The Balaban J connectivity index is 1.93. The average Bonchev–Trinajstić information content (AvgIpc) is 2.57. The summed E-state index contributed by atoms with van der Waals surface area (Å²) >= 11 is 7.02. The summed E-state index contributed by atoms with van der Waals surface area (Å²) in [5.74, 6) is -0.171. The smallest absolute Gasteiger partial charge is 0.255 e. The molecule has 0 atom stereocenters. The second-order valence-electron chi connectivity index (χ2n) is 5.51. The highest BCUT2D eigenvalue weighted by Crippen LogP contribution is 2.29. The number of benzene rings is 2. The molecule has 4 nitrogen and oxygen atoms in total. The molecule has 0 bridgehead atoms. The van der Waals surface area contributed by atoms with Gasteiger partial charge in [0.2, 0.25) is 0 Å². The highest BCUT2D eigenvalue weighted by Gasteiger charge is 2.12. The maximum Gasteiger partial charge on any atom is 0.255 e. The number of rotatable bonds is 3. The minimum atomic E-state index is -0.171. The molecule has 0 saturated carbocycles. The van der Waals surface area contributed by atoms with E-state index in [1.54, 1.807) is 6.20 Å². The second-order valence-corrected chi connectivity index (χ2v) is 7.22. The molecule has 1 heterocycles. The van der Waals surface area contributed by atoms with Crippen molar-refractivity contribution >= 4 is 60.0 Å². The first-order valence-corrected chi connectivity index (χ1v) is 8.87. The van der Waals surface area contributed by atoms with Crippen LogP contribution in [0.25, 0.3) is 10.9 Å². The van der Waals surface area contributed by atoms with Crippen LogP contribution >= 0.6 is 31.9 Å². The summed E-state index contributed by atoms with van der Waals surface area (Å²) in [7, 11) is 3.92. The number of nitrogens with one attached hydrogen (secondary N) is 1. The van der Waals surface area contributed by atoms with Gasteiger partial charge in [0, 0.05) is 40.2 Å². The lowest BCUT2D eigenvalue weighted by molar-refractivity contribution is 0.102. The minimum absolute atomic E-state index is 0.171. The Hall–Kier alpha value is -1.92. The van der Waals surface area contributed by atoms with Crippen molar-refractivity contribution in [3.8, 4) is 0 Å². The van der Waals surface area contributed by atoms with Gasteiger partial charge in [-0.05, 0) is 52.3 Å². The number of aromatic nitrogens is 1. The van der Waals surface area contributed by atoms with Gasteiger partial charge < -0.3 is 10.2 Å². The van der Waals surface area contributed by atoms with E-state index in [-0.39, 0.29) is 5.91 Å². The first kappa shape index (κ1) is 16.9. The third-order valence-corrected chi connectivity index (χ3v) is 4.98. The number of pyridine rings is 1. The van der Waals surface area contributed by atoms with Crippen LogP contribution in [0.4, 0.5) is 11.4 Å². The molecule has 0 spiro atoms. The molecule has 6 heteroatoms. The zero-order chi connectivity index (χ0) is 17.3. The fourth-order valence-corrected chi connectivity index (χ4v) is 3.63. The number of hydrogen-bond acceptors (Lipinski definition) is 3. The Morgan fingerprint density at radius 2 is 1.88 bits per heavy atom. The van der Waals surface area contributed by atoms with Crippen molar-refractivity contribution in [3.05, 3.63) is 63.2 Å². The van der Waals surface area contributed by atoms with E-state index < -0.39 is 0 Å². The molecule has 122 valence electrons. The fourth-order valence-electron chi connectivity index (χ4n) is 2.44. The van der Waals surface area contributed by atoms with Crippen LogP contribution in [-0.4, -0.2) is 25.0 Å². The van der Waals surface area contributed by atoms with Crippen molar-refractivity contribution in [1.29, 1.82) is 0 Å². The quantitative estimate of drug-likeness (QED) is 0.607. The van der Waals surface area contributed by atoms with Crippen LogP contribution in [0.2, 0.25) is 0 Å². The summed E-state index contributed by atoms with van der Waals surface area (Å²) in [5.41, 5.74) is 3.04. The first-order chi connectivity index (χ1) is 11.5. The van der Waals surface area contributed by atoms with E-state index in [0.29, 0.717) is 11.3 Å². The third kappa shape index (κ3) is 3.30. The zero-order valence-electron chi connectivity index (χ0n) is 13.2. The summed E-state index contributed by atoms with van der Waals surface area (Å²) in [4.78, 5) is 19.0. The maximum atomic E-state index is 12.6. The van der Waals surface area contributed by atoms with Crippen LogP contribution in [0.3, 0.4) is 0 Å². The minimum Gasteiger partial charge on any atom is -0.377 e. The Bertz CT molecular complexity index is 925. The van der Waals surface area contributed by atoms with E-state index in [4.69, 9.17) is 0 Å². The Labute approximate surface area is 157 Å². The van der Waals surface area contributed by atoms with Gasteiger partial charge in [-0.3, -0.25) is 9.78 Å². The maximum absolute atomic E-state index is 12.6. The Morgan fingerprint density at radius 1 is 1.08 bits per heavy atom. The van der Waals surface area contributed by atoms with E-state index in [1.165, 1.54) is 0 Å². The van der Waals surface area contributed by atoms with Crippen molar-refractivity contribution in [2.75, 3.05) is 24.3 Å². The number of carbonyl (C=O) groups excluding carboxylic acids is 1. The summed E-state index contributed by atoms with van der Waals surface area (Å²) in [6.45, 7) is 0. The van der Waals surface area contributed by atoms with Crippen LogP contribution in [0.1, 0.15) is 10.4 Å². The summed E-state index contributed by atoms with van der Waals surface area (Å²) in [5, 5.41) is 3.91. The highest BCUT2D eigenvalue weighted by atomic mass is 79.9. The third-order valence-electron chi connectivity index (χ3n) is 3.66. The van der Waals surface area contributed by atoms with Gasteiger partial charge >= 0.3 is 0 Å². The normalized spacial score (nSPS) is 10.7. The van der Waals surface area contributed by atoms with Crippen molar-refractivity contribution < 1.29 is 4.79 Å². The van der Waals surface area contributed by atoms with E-state index >= 15 is 0 Å². The number of nitrogens with zero attached hydrogens (tertiary/aromatic N) is 2. The zero-order valence-corrected chi connectivity index (χ0v) is 16.3. The van der Waals surface area contributed by atoms with Gasteiger partial charge in [0.05, 0.1) is 16.9 Å². The van der Waals surface area contributed by atoms with Crippen LogP contribution < -0.4 is 10.2 Å². The first-order valence-electron chi connectivity index (χ1n) is 7.29. The van der Waals surface area contributed by atoms with E-state index in [9.17, 15) is 4.79 Å². The lowest BCUT2D eigenvalue weighted by atomic mass is 10.1. The number of carbonyl (C=O) groups is 1. The molecule has 1 N–H and O–H groups in total. The molecule has 0 aliphatic carbocycles. The highest BCUT2D eigenvalue weighted by molar-refractivity contribution is 9.11. The number of anilines is 2. The molecule has 0 aliphatic rings. The number of hydrogen-bond donors (Lipinski definition) is 1. The average molecular weight is 449 g/mol. The van der Waals surface area contributed by atoms with Gasteiger partial charge in [0.25, 0.3) is 5.91 Å². The molecule has 0 unspecified atom stereocenters. The predicted octanol–water partition coefficient (Wildman–Crippen LogP) is 5.08.